The van der Waals surface area contributed by atoms with Gasteiger partial charge in [0.1, 0.15) is 28.9 Å². The van der Waals surface area contributed by atoms with Gasteiger partial charge < -0.3 is 29.7 Å². The van der Waals surface area contributed by atoms with Gasteiger partial charge in [0.05, 0.1) is 25.0 Å². The fourth-order valence-corrected chi connectivity index (χ4v) is 7.35. The second kappa shape index (κ2) is 12.0. The van der Waals surface area contributed by atoms with Crippen molar-refractivity contribution in [3.8, 4) is 17.2 Å². The van der Waals surface area contributed by atoms with E-state index in [1.54, 1.807) is 36.3 Å². The molecule has 3 aromatic carbocycles. The number of ether oxygens (including phenoxy) is 3. The summed E-state index contributed by atoms with van der Waals surface area (Å²) in [5.74, 6) is -0.362. The van der Waals surface area contributed by atoms with E-state index in [0.717, 1.165) is 37.7 Å². The summed E-state index contributed by atoms with van der Waals surface area (Å²) in [5, 5.41) is 6.22. The molecule has 232 valence electrons. The lowest BCUT2D eigenvalue weighted by Gasteiger charge is -2.34. The zero-order valence-electron chi connectivity index (χ0n) is 25.2. The first kappa shape index (κ1) is 29.1. The SMILES string of the molecule is COc1ccc(CN2C(=O)[C@H]3C(C(=O)Nc4ccc(Oc5ccccc5)cc4)[C@H]4C=CC3(O4)C2C(=O)NC2CCCCC2)cc1. The van der Waals surface area contributed by atoms with E-state index in [-0.39, 0.29) is 30.3 Å². The first-order valence-electron chi connectivity index (χ1n) is 15.7. The Hall–Kier alpha value is -4.63. The van der Waals surface area contributed by atoms with Crippen LogP contribution in [0.3, 0.4) is 0 Å². The third kappa shape index (κ3) is 5.46. The molecule has 1 spiro atoms. The van der Waals surface area contributed by atoms with Crippen LogP contribution in [0.5, 0.6) is 17.2 Å². The average Bonchev–Trinajstić information content (AvgIpc) is 3.71. The number of anilines is 1. The Bertz CT molecular complexity index is 1590. The first-order valence-corrected chi connectivity index (χ1v) is 15.7. The Labute approximate surface area is 262 Å². The maximum Gasteiger partial charge on any atom is 0.246 e. The summed E-state index contributed by atoms with van der Waals surface area (Å²) in [6, 6.07) is 23.2. The Morgan fingerprint density at radius 2 is 1.58 bits per heavy atom. The van der Waals surface area contributed by atoms with Crippen molar-refractivity contribution in [3.05, 3.63) is 96.6 Å². The number of hydrogen-bond acceptors (Lipinski definition) is 6. The van der Waals surface area contributed by atoms with E-state index >= 15 is 0 Å². The number of nitrogens with zero attached hydrogens (tertiary/aromatic N) is 1. The number of amides is 3. The molecule has 3 aliphatic heterocycles. The number of nitrogens with one attached hydrogen (secondary N) is 2. The van der Waals surface area contributed by atoms with Crippen molar-refractivity contribution in [2.75, 3.05) is 12.4 Å². The van der Waals surface area contributed by atoms with Crippen LogP contribution in [0.25, 0.3) is 0 Å². The lowest BCUT2D eigenvalue weighted by molar-refractivity contribution is -0.142. The van der Waals surface area contributed by atoms with Crippen LogP contribution >= 0.6 is 0 Å². The highest BCUT2D eigenvalue weighted by molar-refractivity contribution is 6.02. The van der Waals surface area contributed by atoms with Crippen LogP contribution in [0, 0.1) is 11.8 Å². The fraction of sp³-hybridized carbons (Fsp3) is 0.361. The monoisotopic (exact) mass is 607 g/mol. The molecule has 45 heavy (non-hydrogen) atoms. The van der Waals surface area contributed by atoms with Crippen molar-refractivity contribution in [2.45, 2.75) is 62.4 Å². The maximum atomic E-state index is 14.3. The third-order valence-corrected chi connectivity index (χ3v) is 9.49. The Morgan fingerprint density at radius 3 is 2.29 bits per heavy atom. The highest BCUT2D eigenvalue weighted by atomic mass is 16.5. The van der Waals surface area contributed by atoms with Gasteiger partial charge in [-0.1, -0.05) is 61.7 Å². The molecule has 1 saturated carbocycles. The van der Waals surface area contributed by atoms with Gasteiger partial charge in [-0.3, -0.25) is 14.4 Å². The van der Waals surface area contributed by atoms with Gasteiger partial charge >= 0.3 is 0 Å². The van der Waals surface area contributed by atoms with E-state index in [4.69, 9.17) is 14.2 Å². The van der Waals surface area contributed by atoms with Crippen molar-refractivity contribution in [1.82, 2.24) is 10.2 Å². The van der Waals surface area contributed by atoms with E-state index in [2.05, 4.69) is 10.6 Å². The van der Waals surface area contributed by atoms with Gasteiger partial charge in [0.15, 0.2) is 0 Å². The predicted octanol–water partition coefficient (Wildman–Crippen LogP) is 5.23. The summed E-state index contributed by atoms with van der Waals surface area (Å²) in [7, 11) is 1.60. The molecule has 2 saturated heterocycles. The van der Waals surface area contributed by atoms with Gasteiger partial charge in [0.2, 0.25) is 17.7 Å². The molecule has 3 heterocycles. The lowest BCUT2D eigenvalue weighted by Crippen LogP contribution is -2.56. The molecule has 3 amide bonds. The fourth-order valence-electron chi connectivity index (χ4n) is 7.35. The molecule has 3 fully saturated rings. The van der Waals surface area contributed by atoms with Crippen LogP contribution in [-0.4, -0.2) is 53.5 Å². The molecule has 9 nitrogen and oxygen atoms in total. The zero-order valence-corrected chi connectivity index (χ0v) is 25.2. The average molecular weight is 608 g/mol. The second-order valence-electron chi connectivity index (χ2n) is 12.3. The van der Waals surface area contributed by atoms with Crippen molar-refractivity contribution in [2.24, 2.45) is 11.8 Å². The molecule has 9 heteroatoms. The molecular weight excluding hydrogens is 570 g/mol. The molecule has 2 N–H and O–H groups in total. The van der Waals surface area contributed by atoms with Crippen LogP contribution in [-0.2, 0) is 25.7 Å². The highest BCUT2D eigenvalue weighted by Gasteiger charge is 2.72. The summed E-state index contributed by atoms with van der Waals surface area (Å²) in [6.07, 6.45) is 8.21. The number of para-hydroxylation sites is 1. The van der Waals surface area contributed by atoms with E-state index in [1.165, 1.54) is 0 Å². The number of benzene rings is 3. The predicted molar refractivity (Wildman–Crippen MR) is 168 cm³/mol. The molecule has 0 radical (unpaired) electrons. The number of hydrogen-bond donors (Lipinski definition) is 2. The van der Waals surface area contributed by atoms with Crippen molar-refractivity contribution < 1.29 is 28.6 Å². The minimum Gasteiger partial charge on any atom is -0.497 e. The van der Waals surface area contributed by atoms with Gasteiger partial charge in [-0.15, -0.1) is 0 Å². The van der Waals surface area contributed by atoms with Gasteiger partial charge in [-0.05, 0) is 66.9 Å². The largest absolute Gasteiger partial charge is 0.497 e. The summed E-state index contributed by atoms with van der Waals surface area (Å²) >= 11 is 0. The first-order chi connectivity index (χ1) is 21.9. The van der Waals surface area contributed by atoms with Gasteiger partial charge in [-0.25, -0.2) is 0 Å². The number of likely N-dealkylation sites (tertiary alicyclic amines) is 1. The van der Waals surface area contributed by atoms with Gasteiger partial charge in [0, 0.05) is 18.3 Å². The van der Waals surface area contributed by atoms with Crippen LogP contribution < -0.4 is 20.1 Å². The number of rotatable bonds is 9. The normalized spacial score (nSPS) is 26.9. The maximum absolute atomic E-state index is 14.3. The Kier molecular flexibility index (Phi) is 7.79. The molecule has 3 unspecified atom stereocenters. The third-order valence-electron chi connectivity index (χ3n) is 9.49. The number of carbonyl (C=O) groups is 3. The van der Waals surface area contributed by atoms with Crippen LogP contribution in [0.2, 0.25) is 0 Å². The summed E-state index contributed by atoms with van der Waals surface area (Å²) in [6.45, 7) is 0.211. The quantitative estimate of drug-likeness (QED) is 0.323. The minimum atomic E-state index is -1.22. The smallest absolute Gasteiger partial charge is 0.246 e. The summed E-state index contributed by atoms with van der Waals surface area (Å²) < 4.78 is 17.7. The van der Waals surface area contributed by atoms with E-state index in [1.807, 2.05) is 66.7 Å². The number of fused-ring (bicyclic) bond motifs is 1. The number of methoxy groups -OCH3 is 1. The molecule has 1 aliphatic carbocycles. The summed E-state index contributed by atoms with van der Waals surface area (Å²) in [5.41, 5.74) is 0.212. The molecule has 2 bridgehead atoms. The zero-order chi connectivity index (χ0) is 31.0. The summed E-state index contributed by atoms with van der Waals surface area (Å²) in [4.78, 5) is 43.8. The van der Waals surface area contributed by atoms with Crippen molar-refractivity contribution in [1.29, 1.82) is 0 Å². The molecule has 7 rings (SSSR count). The second-order valence-corrected chi connectivity index (χ2v) is 12.3. The van der Waals surface area contributed by atoms with Crippen LogP contribution in [0.1, 0.15) is 37.7 Å². The minimum absolute atomic E-state index is 0.0650. The molecule has 0 aromatic heterocycles. The highest BCUT2D eigenvalue weighted by Crippen LogP contribution is 2.55. The van der Waals surface area contributed by atoms with Crippen LogP contribution in [0.15, 0.2) is 91.0 Å². The van der Waals surface area contributed by atoms with E-state index in [0.29, 0.717) is 22.9 Å². The number of carbonyl (C=O) groups excluding carboxylic acids is 3. The molecule has 3 aromatic rings. The van der Waals surface area contributed by atoms with E-state index in [9.17, 15) is 14.4 Å². The molecule has 5 atom stereocenters. The Morgan fingerprint density at radius 1 is 0.889 bits per heavy atom. The standard InChI is InChI=1S/C36H37N3O6/c1-43-26-16-12-23(13-17-26)22-39-32(34(41)38-24-8-4-2-5-9-24)36-21-20-29(45-36)30(31(36)35(39)42)33(40)37-25-14-18-28(19-15-25)44-27-10-6-3-7-11-27/h3,6-7,10-21,24,29-32H,2,4-5,8-9,22H2,1H3,(H,37,40)(H,38,41)/t29-,30?,31-,32?,36?/m1/s1. The van der Waals surface area contributed by atoms with Crippen LogP contribution in [0.4, 0.5) is 5.69 Å². The van der Waals surface area contributed by atoms with Crippen molar-refractivity contribution >= 4 is 23.4 Å². The Balaban J connectivity index is 1.13. The molecular formula is C36H37N3O6. The van der Waals surface area contributed by atoms with E-state index < -0.39 is 29.6 Å². The topological polar surface area (TPSA) is 106 Å². The van der Waals surface area contributed by atoms with Crippen molar-refractivity contribution in [3.63, 3.8) is 0 Å². The molecule has 4 aliphatic rings. The van der Waals surface area contributed by atoms with Gasteiger partial charge in [0.25, 0.3) is 0 Å². The van der Waals surface area contributed by atoms with Gasteiger partial charge in [-0.2, -0.15) is 0 Å². The lowest BCUT2D eigenvalue weighted by atomic mass is 9.74.